The Bertz CT molecular complexity index is 1600. The van der Waals surface area contributed by atoms with Crippen LogP contribution in [0.2, 0.25) is 0 Å². The maximum Gasteiger partial charge on any atom is 0.261 e. The number of anilines is 2. The molecule has 9 nitrogen and oxygen atoms in total. The molecule has 0 N–H and O–H groups in total. The molecule has 0 radical (unpaired) electrons. The molecule has 0 aliphatic carbocycles. The summed E-state index contributed by atoms with van der Waals surface area (Å²) in [7, 11) is 6.93. The Kier molecular flexibility index (Phi) is 13.3. The summed E-state index contributed by atoms with van der Waals surface area (Å²) in [5.74, 6) is 0.964. The molecule has 0 fully saturated rings. The summed E-state index contributed by atoms with van der Waals surface area (Å²) in [4.78, 5) is 22.9. The molecule has 0 saturated heterocycles. The third-order valence-electron chi connectivity index (χ3n) is 8.52. The van der Waals surface area contributed by atoms with Crippen LogP contribution in [0, 0.1) is 0 Å². The van der Waals surface area contributed by atoms with E-state index in [1.807, 2.05) is 46.2 Å². The third-order valence-corrected chi connectivity index (χ3v) is 11.1. The molecule has 0 spiro atoms. The Morgan fingerprint density at radius 3 is 2.47 bits per heavy atom. The van der Waals surface area contributed by atoms with Crippen molar-refractivity contribution in [2.45, 2.75) is 51.0 Å². The number of hydrogen-bond donors (Lipinski definition) is 0. The molecule has 264 valence electrons. The van der Waals surface area contributed by atoms with Crippen molar-refractivity contribution in [3.8, 4) is 11.5 Å². The number of hydrogen-bond acceptors (Lipinski definition) is 10. The Hall–Kier alpha value is -3.22. The Morgan fingerprint density at radius 2 is 1.71 bits per heavy atom. The zero-order chi connectivity index (χ0) is 34.8. The molecule has 0 unspecified atom stereocenters. The van der Waals surface area contributed by atoms with Crippen molar-refractivity contribution >= 4 is 50.8 Å². The van der Waals surface area contributed by atoms with Crippen molar-refractivity contribution in [2.24, 2.45) is 4.99 Å². The number of aliphatic imine (C=N–C) groups is 1. The lowest BCUT2D eigenvalue weighted by Gasteiger charge is -2.34. The Morgan fingerprint density at radius 1 is 0.959 bits per heavy atom. The average Bonchev–Trinajstić information content (AvgIpc) is 3.42. The molecule has 2 aliphatic rings. The number of methoxy groups -OCH3 is 2. The van der Waals surface area contributed by atoms with Crippen molar-refractivity contribution in [1.82, 2.24) is 0 Å². The highest BCUT2D eigenvalue weighted by molar-refractivity contribution is 8.77. The molecule has 0 bridgehead atoms. The molecular formula is C38H49N3O6S2. The van der Waals surface area contributed by atoms with Gasteiger partial charge in [-0.25, -0.2) is 0 Å². The first-order valence-corrected chi connectivity index (χ1v) is 19.4. The summed E-state index contributed by atoms with van der Waals surface area (Å²) in [6.45, 7) is 11.5. The van der Waals surface area contributed by atoms with Gasteiger partial charge in [0, 0.05) is 55.0 Å². The molecule has 0 aromatic heterocycles. The number of nitrogens with zero attached hydrogens (tertiary/aromatic N) is 3. The first-order valence-electron chi connectivity index (χ1n) is 16.8. The largest absolute Gasteiger partial charge is 0.493 e. The van der Waals surface area contributed by atoms with E-state index < -0.39 is 0 Å². The molecule has 49 heavy (non-hydrogen) atoms. The number of para-hydroxylation sites is 1. The van der Waals surface area contributed by atoms with Gasteiger partial charge in [-0.15, -0.1) is 0 Å². The van der Waals surface area contributed by atoms with Crippen molar-refractivity contribution in [1.29, 1.82) is 0 Å². The summed E-state index contributed by atoms with van der Waals surface area (Å²) < 4.78 is 28.8. The van der Waals surface area contributed by atoms with Gasteiger partial charge in [-0.1, -0.05) is 52.8 Å². The fourth-order valence-electron chi connectivity index (χ4n) is 6.21. The van der Waals surface area contributed by atoms with Crippen LogP contribution in [0.1, 0.15) is 47.8 Å². The van der Waals surface area contributed by atoms with Gasteiger partial charge in [-0.05, 0) is 67.5 Å². The first-order chi connectivity index (χ1) is 23.8. The number of carbonyl (C=O) groups excluding carboxylic acids is 1. The minimum atomic E-state index is -0.121. The fourth-order valence-corrected chi connectivity index (χ4v) is 8.38. The maximum atomic E-state index is 13.8. The van der Waals surface area contributed by atoms with Gasteiger partial charge in [-0.2, -0.15) is 0 Å². The summed E-state index contributed by atoms with van der Waals surface area (Å²) in [6.07, 6.45) is 5.64. The lowest BCUT2D eigenvalue weighted by atomic mass is 10.1. The number of amides is 1. The van der Waals surface area contributed by atoms with Crippen LogP contribution >= 0.6 is 21.6 Å². The number of benzene rings is 3. The van der Waals surface area contributed by atoms with E-state index >= 15 is 0 Å². The highest BCUT2D eigenvalue weighted by atomic mass is 33.1. The van der Waals surface area contributed by atoms with Crippen LogP contribution in [-0.4, -0.2) is 89.5 Å². The molecule has 2 heterocycles. The molecule has 5 rings (SSSR count). The van der Waals surface area contributed by atoms with E-state index in [1.54, 1.807) is 31.1 Å². The zero-order valence-corrected chi connectivity index (χ0v) is 31.2. The number of ether oxygens (including phenoxy) is 5. The standard InChI is InChI=1S/C38H49N3O6S2/c1-7-27-18-28(20-30(19-27)40(26-38(2,3)49-48-6)12-13-45-16-17-46-15-14-43-4)25-47-36-23-33-32(22-35(36)44-5)37(42)41-31(24-39-33)21-29-10-8-9-11-34(29)41/h8-11,18-20,22-24,31H,7,12-17,21,25-26H2,1-6H3/t31-/m0/s1. The quantitative estimate of drug-likeness (QED) is 0.0936. The van der Waals surface area contributed by atoms with Crippen molar-refractivity contribution in [3.05, 3.63) is 76.9 Å². The van der Waals surface area contributed by atoms with Crippen LogP contribution in [-0.2, 0) is 33.7 Å². The van der Waals surface area contributed by atoms with Crippen LogP contribution in [0.15, 0.2) is 59.6 Å². The highest BCUT2D eigenvalue weighted by Gasteiger charge is 2.36. The summed E-state index contributed by atoms with van der Waals surface area (Å²) in [5.41, 5.74) is 6.59. The number of rotatable bonds is 19. The number of fused-ring (bicyclic) bond motifs is 4. The van der Waals surface area contributed by atoms with Gasteiger partial charge in [-0.3, -0.25) is 14.7 Å². The van der Waals surface area contributed by atoms with Gasteiger partial charge >= 0.3 is 0 Å². The van der Waals surface area contributed by atoms with Gasteiger partial charge in [0.15, 0.2) is 11.5 Å². The van der Waals surface area contributed by atoms with Crippen LogP contribution in [0.3, 0.4) is 0 Å². The third kappa shape index (κ3) is 9.52. The smallest absolute Gasteiger partial charge is 0.261 e. The van der Waals surface area contributed by atoms with Crippen LogP contribution in [0.5, 0.6) is 11.5 Å². The van der Waals surface area contributed by atoms with Crippen LogP contribution in [0.25, 0.3) is 0 Å². The van der Waals surface area contributed by atoms with Crippen LogP contribution in [0.4, 0.5) is 17.1 Å². The Balaban J connectivity index is 1.33. The lowest BCUT2D eigenvalue weighted by molar-refractivity contribution is 0.0264. The van der Waals surface area contributed by atoms with Gasteiger partial charge < -0.3 is 28.6 Å². The molecule has 0 saturated carbocycles. The molecule has 1 amide bonds. The predicted molar refractivity (Wildman–Crippen MR) is 203 cm³/mol. The topological polar surface area (TPSA) is 82.1 Å². The molecule has 3 aromatic carbocycles. The zero-order valence-electron chi connectivity index (χ0n) is 29.5. The molecular weight excluding hydrogens is 659 g/mol. The van der Waals surface area contributed by atoms with E-state index in [4.69, 9.17) is 28.7 Å². The normalized spacial score (nSPS) is 15.1. The molecule has 11 heteroatoms. The summed E-state index contributed by atoms with van der Waals surface area (Å²) in [6, 6.07) is 18.2. The number of carbonyl (C=O) groups is 1. The van der Waals surface area contributed by atoms with E-state index in [9.17, 15) is 4.79 Å². The maximum absolute atomic E-state index is 13.8. The second kappa shape index (κ2) is 17.6. The SMILES string of the molecule is CCc1cc(COc2cc3c(cc2OC)C(=O)N2c4ccccc4C[C@H]2C=N3)cc(N(CCOCCOCCOC)CC(C)(C)SSC)c1. The van der Waals surface area contributed by atoms with E-state index in [2.05, 4.69) is 56.2 Å². The fraction of sp³-hybridized carbons (Fsp3) is 0.474. The van der Waals surface area contributed by atoms with Crippen molar-refractivity contribution in [3.63, 3.8) is 0 Å². The van der Waals surface area contributed by atoms with Crippen molar-refractivity contribution in [2.75, 3.05) is 76.4 Å². The minimum Gasteiger partial charge on any atom is -0.493 e. The molecule has 2 aliphatic heterocycles. The number of aryl methyl sites for hydroxylation is 1. The van der Waals surface area contributed by atoms with E-state index in [0.717, 1.165) is 48.4 Å². The molecule has 3 aromatic rings. The molecule has 1 atom stereocenters. The minimum absolute atomic E-state index is 0.0197. The van der Waals surface area contributed by atoms with Crippen LogP contribution < -0.4 is 19.3 Å². The summed E-state index contributed by atoms with van der Waals surface area (Å²) >= 11 is 0. The highest BCUT2D eigenvalue weighted by Crippen LogP contribution is 2.41. The second-order valence-corrected chi connectivity index (χ2v) is 15.8. The second-order valence-electron chi connectivity index (χ2n) is 12.7. The first kappa shape index (κ1) is 37.0. The van der Waals surface area contributed by atoms with E-state index in [1.165, 1.54) is 5.56 Å². The average molecular weight is 708 g/mol. The van der Waals surface area contributed by atoms with Gasteiger partial charge in [0.05, 0.1) is 57.4 Å². The van der Waals surface area contributed by atoms with Gasteiger partial charge in [0.2, 0.25) is 0 Å². The predicted octanol–water partition coefficient (Wildman–Crippen LogP) is 7.40. The Labute approximate surface area is 299 Å². The van der Waals surface area contributed by atoms with E-state index in [0.29, 0.717) is 62.4 Å². The monoisotopic (exact) mass is 707 g/mol. The summed E-state index contributed by atoms with van der Waals surface area (Å²) in [5, 5.41) is 0. The van der Waals surface area contributed by atoms with Crippen molar-refractivity contribution < 1.29 is 28.5 Å². The lowest BCUT2D eigenvalue weighted by Crippen LogP contribution is -2.38. The van der Waals surface area contributed by atoms with Gasteiger partial charge in [0.25, 0.3) is 5.91 Å². The van der Waals surface area contributed by atoms with E-state index in [-0.39, 0.29) is 16.7 Å². The van der Waals surface area contributed by atoms with Gasteiger partial charge in [0.1, 0.15) is 6.61 Å².